The predicted molar refractivity (Wildman–Crippen MR) is 66.5 cm³/mol. The number of hydrogen-bond donors (Lipinski definition) is 1. The van der Waals surface area contributed by atoms with Gasteiger partial charge in [-0.2, -0.15) is 4.98 Å². The van der Waals surface area contributed by atoms with E-state index < -0.39 is 0 Å². The average molecular weight is 237 g/mol. The van der Waals surface area contributed by atoms with Crippen molar-refractivity contribution in [2.45, 2.75) is 64.3 Å². The highest BCUT2D eigenvalue weighted by atomic mass is 16.5. The van der Waals surface area contributed by atoms with Gasteiger partial charge in [0.2, 0.25) is 5.89 Å². The van der Waals surface area contributed by atoms with Crippen LogP contribution in [0, 0.1) is 5.92 Å². The van der Waals surface area contributed by atoms with Crippen LogP contribution in [0.15, 0.2) is 4.52 Å². The van der Waals surface area contributed by atoms with Gasteiger partial charge in [0, 0.05) is 5.92 Å². The first-order valence-corrected chi connectivity index (χ1v) is 6.68. The summed E-state index contributed by atoms with van der Waals surface area (Å²) in [5, 5.41) is 4.06. The molecule has 1 aliphatic rings. The van der Waals surface area contributed by atoms with Crippen molar-refractivity contribution in [3.05, 3.63) is 11.7 Å². The number of hydrogen-bond acceptors (Lipinski definition) is 4. The molecule has 0 saturated heterocycles. The molecule has 1 aromatic rings. The Morgan fingerprint density at radius 1 is 1.47 bits per heavy atom. The molecule has 17 heavy (non-hydrogen) atoms. The van der Waals surface area contributed by atoms with E-state index in [1.165, 1.54) is 0 Å². The van der Waals surface area contributed by atoms with E-state index in [0.717, 1.165) is 43.8 Å². The molecule has 1 fully saturated rings. The largest absolute Gasteiger partial charge is 0.337 e. The minimum absolute atomic E-state index is 0.346. The summed E-state index contributed by atoms with van der Waals surface area (Å²) in [5.74, 6) is 2.55. The second-order valence-electron chi connectivity index (χ2n) is 5.61. The zero-order valence-electron chi connectivity index (χ0n) is 11.1. The van der Waals surface area contributed by atoms with Crippen LogP contribution in [0.25, 0.3) is 0 Å². The second kappa shape index (κ2) is 4.77. The molecule has 2 rings (SSSR count). The number of nitrogens with zero attached hydrogens (tertiary/aromatic N) is 2. The third-order valence-electron chi connectivity index (χ3n) is 4.09. The highest BCUT2D eigenvalue weighted by Crippen LogP contribution is 2.36. The van der Waals surface area contributed by atoms with Gasteiger partial charge in [0.25, 0.3) is 0 Å². The SMILES string of the molecule is CCC(C)c1noc(C2(N)CCC(C)CC2)n1. The Morgan fingerprint density at radius 3 is 2.71 bits per heavy atom. The second-order valence-corrected chi connectivity index (χ2v) is 5.61. The minimum atomic E-state index is -0.384. The van der Waals surface area contributed by atoms with Crippen molar-refractivity contribution in [2.24, 2.45) is 11.7 Å². The zero-order valence-corrected chi connectivity index (χ0v) is 11.1. The number of nitrogens with two attached hydrogens (primary N) is 1. The first-order valence-electron chi connectivity index (χ1n) is 6.68. The fourth-order valence-corrected chi connectivity index (χ4v) is 2.31. The minimum Gasteiger partial charge on any atom is -0.337 e. The Morgan fingerprint density at radius 2 is 2.12 bits per heavy atom. The monoisotopic (exact) mass is 237 g/mol. The molecule has 4 nitrogen and oxygen atoms in total. The maximum Gasteiger partial charge on any atom is 0.246 e. The van der Waals surface area contributed by atoms with Crippen LogP contribution in [0.2, 0.25) is 0 Å². The summed E-state index contributed by atoms with van der Waals surface area (Å²) in [6.07, 6.45) is 5.23. The maximum absolute atomic E-state index is 6.40. The van der Waals surface area contributed by atoms with E-state index in [9.17, 15) is 0 Å². The molecule has 2 N–H and O–H groups in total. The van der Waals surface area contributed by atoms with Crippen molar-refractivity contribution >= 4 is 0 Å². The molecule has 4 heteroatoms. The van der Waals surface area contributed by atoms with E-state index in [0.29, 0.717) is 11.8 Å². The van der Waals surface area contributed by atoms with E-state index in [4.69, 9.17) is 10.3 Å². The van der Waals surface area contributed by atoms with Crippen LogP contribution in [0.4, 0.5) is 0 Å². The van der Waals surface area contributed by atoms with E-state index >= 15 is 0 Å². The molecule has 96 valence electrons. The normalized spacial score (nSPS) is 31.4. The van der Waals surface area contributed by atoms with Crippen molar-refractivity contribution in [2.75, 3.05) is 0 Å². The molecule has 1 aliphatic carbocycles. The Bertz CT molecular complexity index is 366. The van der Waals surface area contributed by atoms with Gasteiger partial charge in [-0.05, 0) is 38.0 Å². The molecule has 1 heterocycles. The van der Waals surface area contributed by atoms with Gasteiger partial charge in [0.1, 0.15) is 0 Å². The summed E-state index contributed by atoms with van der Waals surface area (Å²) >= 11 is 0. The quantitative estimate of drug-likeness (QED) is 0.877. The molecule has 0 aliphatic heterocycles. The predicted octanol–water partition coefficient (Wildman–Crippen LogP) is 2.95. The van der Waals surface area contributed by atoms with Crippen LogP contribution in [-0.2, 0) is 5.54 Å². The van der Waals surface area contributed by atoms with Gasteiger partial charge in [0.05, 0.1) is 5.54 Å². The molecular formula is C13H23N3O. The van der Waals surface area contributed by atoms with Gasteiger partial charge in [-0.15, -0.1) is 0 Å². The summed E-state index contributed by atoms with van der Waals surface area (Å²) in [6, 6.07) is 0. The van der Waals surface area contributed by atoms with Crippen molar-refractivity contribution in [1.29, 1.82) is 0 Å². The summed E-state index contributed by atoms with van der Waals surface area (Å²) in [5.41, 5.74) is 6.02. The Balaban J connectivity index is 2.14. The molecular weight excluding hydrogens is 214 g/mol. The molecule has 1 saturated carbocycles. The highest BCUT2D eigenvalue weighted by Gasteiger charge is 2.37. The van der Waals surface area contributed by atoms with Crippen molar-refractivity contribution in [1.82, 2.24) is 10.1 Å². The fourth-order valence-electron chi connectivity index (χ4n) is 2.31. The van der Waals surface area contributed by atoms with Crippen LogP contribution < -0.4 is 5.73 Å². The summed E-state index contributed by atoms with van der Waals surface area (Å²) in [7, 11) is 0. The lowest BCUT2D eigenvalue weighted by atomic mass is 9.78. The van der Waals surface area contributed by atoms with Crippen molar-refractivity contribution < 1.29 is 4.52 Å². The highest BCUT2D eigenvalue weighted by molar-refractivity contribution is 5.05. The van der Waals surface area contributed by atoms with Crippen molar-refractivity contribution in [3.63, 3.8) is 0 Å². The first-order chi connectivity index (χ1) is 8.05. The van der Waals surface area contributed by atoms with Crippen LogP contribution in [0.1, 0.15) is 70.5 Å². The van der Waals surface area contributed by atoms with Crippen LogP contribution >= 0.6 is 0 Å². The molecule has 1 unspecified atom stereocenters. The van der Waals surface area contributed by atoms with E-state index in [2.05, 4.69) is 30.9 Å². The molecule has 1 aromatic heterocycles. The van der Waals surface area contributed by atoms with Gasteiger partial charge >= 0.3 is 0 Å². The van der Waals surface area contributed by atoms with Crippen molar-refractivity contribution in [3.8, 4) is 0 Å². The van der Waals surface area contributed by atoms with Gasteiger partial charge in [-0.3, -0.25) is 0 Å². The fraction of sp³-hybridized carbons (Fsp3) is 0.846. The van der Waals surface area contributed by atoms with Crippen LogP contribution in [-0.4, -0.2) is 10.1 Å². The lowest BCUT2D eigenvalue weighted by Gasteiger charge is -2.32. The Labute approximate surface area is 103 Å². The number of aromatic nitrogens is 2. The smallest absolute Gasteiger partial charge is 0.246 e. The maximum atomic E-state index is 6.40. The topological polar surface area (TPSA) is 64.9 Å². The van der Waals surface area contributed by atoms with E-state index in [1.807, 2.05) is 0 Å². The van der Waals surface area contributed by atoms with E-state index in [-0.39, 0.29) is 5.54 Å². The van der Waals surface area contributed by atoms with E-state index in [1.54, 1.807) is 0 Å². The van der Waals surface area contributed by atoms with Crippen LogP contribution in [0.3, 0.4) is 0 Å². The Hall–Kier alpha value is -0.900. The lowest BCUT2D eigenvalue weighted by Crippen LogP contribution is -2.40. The first kappa shape index (κ1) is 12.6. The summed E-state index contributed by atoms with van der Waals surface area (Å²) in [6.45, 7) is 6.51. The summed E-state index contributed by atoms with van der Waals surface area (Å²) < 4.78 is 5.38. The van der Waals surface area contributed by atoms with Crippen LogP contribution in [0.5, 0.6) is 0 Å². The lowest BCUT2D eigenvalue weighted by molar-refractivity contribution is 0.190. The molecule has 0 aromatic carbocycles. The molecule has 0 bridgehead atoms. The number of rotatable bonds is 3. The summed E-state index contributed by atoms with van der Waals surface area (Å²) in [4.78, 5) is 4.50. The molecule has 0 spiro atoms. The third kappa shape index (κ3) is 2.51. The van der Waals surface area contributed by atoms with Gasteiger partial charge < -0.3 is 10.3 Å². The molecule has 0 amide bonds. The standard InChI is InChI=1S/C13H23N3O/c1-4-10(3)11-15-12(17-16-11)13(14)7-5-9(2)6-8-13/h9-10H,4-8,14H2,1-3H3. The Kier molecular flexibility index (Phi) is 3.52. The van der Waals surface area contributed by atoms with Gasteiger partial charge in [-0.25, -0.2) is 0 Å². The van der Waals surface area contributed by atoms with Gasteiger partial charge in [-0.1, -0.05) is 25.9 Å². The average Bonchev–Trinajstić information content (AvgIpc) is 2.82. The van der Waals surface area contributed by atoms with Gasteiger partial charge in [0.15, 0.2) is 5.82 Å². The molecule has 1 atom stereocenters. The zero-order chi connectivity index (χ0) is 12.5. The molecule has 0 radical (unpaired) electrons. The third-order valence-corrected chi connectivity index (χ3v) is 4.09.